The van der Waals surface area contributed by atoms with Crippen molar-refractivity contribution in [1.82, 2.24) is 4.57 Å². The lowest BCUT2D eigenvalue weighted by Crippen LogP contribution is -2.38. The number of nitrogens with one attached hydrogen (secondary N) is 1. The van der Waals surface area contributed by atoms with Gasteiger partial charge in [-0.05, 0) is 169 Å². The van der Waals surface area contributed by atoms with Crippen LogP contribution >= 0.6 is 0 Å². The van der Waals surface area contributed by atoms with Crippen molar-refractivity contribution in [2.24, 2.45) is 0 Å². The summed E-state index contributed by atoms with van der Waals surface area (Å²) >= 11 is 0. The van der Waals surface area contributed by atoms with E-state index in [1.807, 2.05) is 0 Å². The van der Waals surface area contributed by atoms with Crippen LogP contribution in [-0.2, 0) is 27.1 Å². The highest BCUT2D eigenvalue weighted by atomic mass is 16.3. The summed E-state index contributed by atoms with van der Waals surface area (Å²) in [6, 6.07) is 47.2. The van der Waals surface area contributed by atoms with Crippen LogP contribution in [0.15, 0.2) is 126 Å². The molecule has 0 spiro atoms. The molecule has 8 aromatic carbocycles. The van der Waals surface area contributed by atoms with E-state index >= 15 is 0 Å². The van der Waals surface area contributed by atoms with Crippen molar-refractivity contribution < 1.29 is 4.42 Å². The van der Waals surface area contributed by atoms with Crippen molar-refractivity contribution >= 4 is 84.1 Å². The SMILES string of the molecule is Cc1cc2c(cc1Nc1ccc3c(oc4cc5c(cc43)C(C)(C)CCC5(C)C)c1-c1cc3c(c4c1Bc1cccc5c6cc7ccccc7cc6n-4c15)-c1ccccc1C3(C)C)C(C)(C)CCC2(C)C. The Morgan fingerprint density at radius 3 is 1.87 bits per heavy atom. The molecule has 0 saturated heterocycles. The first-order chi connectivity index (χ1) is 33.3. The van der Waals surface area contributed by atoms with Crippen molar-refractivity contribution in [3.63, 3.8) is 0 Å². The summed E-state index contributed by atoms with van der Waals surface area (Å²) in [5.41, 5.74) is 25.8. The van der Waals surface area contributed by atoms with Gasteiger partial charge in [0.05, 0.1) is 11.2 Å². The first kappa shape index (κ1) is 42.4. The average molecular weight is 911 g/mol. The predicted molar refractivity (Wildman–Crippen MR) is 300 cm³/mol. The Labute approximate surface area is 413 Å². The van der Waals surface area contributed by atoms with E-state index in [1.165, 1.54) is 141 Å². The molecule has 0 bridgehead atoms. The van der Waals surface area contributed by atoms with Gasteiger partial charge in [-0.2, -0.15) is 0 Å². The van der Waals surface area contributed by atoms with Gasteiger partial charge in [0.2, 0.25) is 0 Å². The van der Waals surface area contributed by atoms with Gasteiger partial charge >= 0.3 is 0 Å². The molecule has 2 aromatic heterocycles. The van der Waals surface area contributed by atoms with Gasteiger partial charge in [0.1, 0.15) is 11.2 Å². The van der Waals surface area contributed by atoms with Crippen LogP contribution in [0.1, 0.15) is 134 Å². The molecule has 3 heterocycles. The fraction of sp³-hybridized carbons (Fsp3) is 0.303. The third-order valence-corrected chi connectivity index (χ3v) is 18.6. The molecule has 0 fully saturated rings. The highest BCUT2D eigenvalue weighted by Crippen LogP contribution is 2.56. The molecule has 0 unspecified atom stereocenters. The number of hydrogen-bond donors (Lipinski definition) is 1. The summed E-state index contributed by atoms with van der Waals surface area (Å²) in [6.07, 6.45) is 4.68. The van der Waals surface area contributed by atoms with Crippen molar-refractivity contribution in [1.29, 1.82) is 0 Å². The Kier molecular flexibility index (Phi) is 8.27. The Morgan fingerprint density at radius 1 is 0.500 bits per heavy atom. The number of para-hydroxylation sites is 1. The van der Waals surface area contributed by atoms with E-state index in [0.29, 0.717) is 0 Å². The van der Waals surface area contributed by atoms with Gasteiger partial charge in [0.15, 0.2) is 7.28 Å². The smallest absolute Gasteiger partial charge is 0.198 e. The van der Waals surface area contributed by atoms with Crippen molar-refractivity contribution in [2.45, 2.75) is 129 Å². The van der Waals surface area contributed by atoms with Crippen LogP contribution in [0.5, 0.6) is 0 Å². The summed E-state index contributed by atoms with van der Waals surface area (Å²) < 4.78 is 10.2. The molecule has 0 saturated carbocycles. The Balaban J connectivity index is 1.12. The minimum absolute atomic E-state index is 0.0586. The number of aryl methyl sites for hydroxylation is 1. The van der Waals surface area contributed by atoms with Gasteiger partial charge in [0.25, 0.3) is 0 Å². The van der Waals surface area contributed by atoms with Crippen LogP contribution in [0.2, 0.25) is 0 Å². The lowest BCUT2D eigenvalue weighted by molar-refractivity contribution is 0.332. The van der Waals surface area contributed by atoms with E-state index in [2.05, 4.69) is 207 Å². The van der Waals surface area contributed by atoms with E-state index in [0.717, 1.165) is 36.1 Å². The van der Waals surface area contributed by atoms with Crippen LogP contribution in [0.3, 0.4) is 0 Å². The highest BCUT2D eigenvalue weighted by Gasteiger charge is 2.43. The molecule has 70 heavy (non-hydrogen) atoms. The first-order valence-electron chi connectivity index (χ1n) is 26.1. The maximum atomic E-state index is 7.53. The van der Waals surface area contributed by atoms with Crippen molar-refractivity contribution in [3.05, 3.63) is 160 Å². The molecule has 346 valence electrons. The molecule has 0 radical (unpaired) electrons. The lowest BCUT2D eigenvalue weighted by atomic mass is 9.58. The number of hydrogen-bond acceptors (Lipinski definition) is 2. The van der Waals surface area contributed by atoms with E-state index in [9.17, 15) is 0 Å². The molecule has 1 N–H and O–H groups in total. The number of anilines is 2. The quantitative estimate of drug-likeness (QED) is 0.179. The number of fused-ring (bicyclic) bond motifs is 15. The summed E-state index contributed by atoms with van der Waals surface area (Å²) in [4.78, 5) is 0. The van der Waals surface area contributed by atoms with Gasteiger partial charge in [-0.25, -0.2) is 0 Å². The van der Waals surface area contributed by atoms with Gasteiger partial charge in [-0.15, -0.1) is 0 Å². The molecule has 3 aliphatic carbocycles. The van der Waals surface area contributed by atoms with E-state index < -0.39 is 0 Å². The summed E-state index contributed by atoms with van der Waals surface area (Å²) in [6.45, 7) is 26.6. The number of rotatable bonds is 3. The maximum absolute atomic E-state index is 7.53. The average Bonchev–Trinajstić information content (AvgIpc) is 3.94. The normalized spacial score (nSPS) is 18.4. The van der Waals surface area contributed by atoms with Crippen LogP contribution in [0.4, 0.5) is 11.4 Å². The zero-order valence-corrected chi connectivity index (χ0v) is 42.9. The van der Waals surface area contributed by atoms with Gasteiger partial charge in [-0.3, -0.25) is 0 Å². The molecular formula is C66H63BN2O. The van der Waals surface area contributed by atoms with Gasteiger partial charge < -0.3 is 14.3 Å². The molecule has 4 heteroatoms. The third kappa shape index (κ3) is 5.60. The Morgan fingerprint density at radius 2 is 1.14 bits per heavy atom. The van der Waals surface area contributed by atoms with E-state index in [-0.39, 0.29) is 27.1 Å². The Bertz CT molecular complexity index is 4000. The molecule has 14 rings (SSSR count). The second-order valence-corrected chi connectivity index (χ2v) is 25.1. The molecule has 0 amide bonds. The molecule has 3 nitrogen and oxygen atoms in total. The molecule has 1 aliphatic heterocycles. The van der Waals surface area contributed by atoms with Crippen molar-refractivity contribution in [3.8, 4) is 27.9 Å². The Hall–Kier alpha value is -6.52. The minimum Gasteiger partial charge on any atom is -0.455 e. The van der Waals surface area contributed by atoms with Gasteiger partial charge in [-0.1, -0.05) is 147 Å². The zero-order chi connectivity index (χ0) is 48.2. The van der Waals surface area contributed by atoms with E-state index in [1.54, 1.807) is 0 Å². The number of aromatic nitrogens is 1. The van der Waals surface area contributed by atoms with Gasteiger partial charge in [0, 0.05) is 55.0 Å². The maximum Gasteiger partial charge on any atom is 0.198 e. The fourth-order valence-corrected chi connectivity index (χ4v) is 14.2. The first-order valence-corrected chi connectivity index (χ1v) is 26.1. The largest absolute Gasteiger partial charge is 0.455 e. The van der Waals surface area contributed by atoms with Crippen LogP contribution in [-0.4, -0.2) is 11.8 Å². The number of furan rings is 1. The monoisotopic (exact) mass is 911 g/mol. The molecule has 4 aliphatic rings. The van der Waals surface area contributed by atoms with Crippen LogP contribution in [0.25, 0.3) is 82.5 Å². The van der Waals surface area contributed by atoms with Crippen molar-refractivity contribution in [2.75, 3.05) is 5.32 Å². The second kappa shape index (κ2) is 13.7. The molecule has 0 atom stereocenters. The zero-order valence-electron chi connectivity index (χ0n) is 42.9. The van der Waals surface area contributed by atoms with Crippen LogP contribution in [0, 0.1) is 6.92 Å². The predicted octanol–water partition coefficient (Wildman–Crippen LogP) is 16.3. The minimum atomic E-state index is -0.250. The van der Waals surface area contributed by atoms with Crippen LogP contribution < -0.4 is 16.2 Å². The molecular weight excluding hydrogens is 848 g/mol. The van der Waals surface area contributed by atoms with E-state index in [4.69, 9.17) is 4.42 Å². The summed E-state index contributed by atoms with van der Waals surface area (Å²) in [7, 11) is 0.807. The standard InChI is InChI=1S/C66H63BN2O/c1-36-29-46-48(64(6,7)27-25-62(46,2)3)34-53(36)68-52-24-23-40-43-32-47-49(65(8,9)28-26-63(47,4)5)35-55(43)70-61(40)57(52)44-33-50-56(41-19-14-15-21-45(41)66(50,10)11)60-58(44)67-51-22-16-20-39-42-30-37-17-12-13-18-38(37)31-54(42)69(60)59(39)51/h12-24,29-35,67-68H,25-28H2,1-11H3. The number of benzene rings is 8. The topological polar surface area (TPSA) is 30.1 Å². The molecule has 10 aromatic rings. The highest BCUT2D eigenvalue weighted by molar-refractivity contribution is 6.73. The fourth-order valence-electron chi connectivity index (χ4n) is 14.2. The second-order valence-electron chi connectivity index (χ2n) is 25.1. The number of nitrogens with zero attached hydrogens (tertiary/aromatic N) is 1. The summed E-state index contributed by atoms with van der Waals surface area (Å²) in [5, 5.41) is 11.7. The third-order valence-electron chi connectivity index (χ3n) is 18.6. The lowest BCUT2D eigenvalue weighted by Gasteiger charge is -2.42. The summed E-state index contributed by atoms with van der Waals surface area (Å²) in [5.74, 6) is 0.